The molecule has 18 heteroatoms. The molecule has 4 rings (SSSR count). The smallest absolute Gasteiger partial charge is 0.364 e. The molecule has 224 valence electrons. The second-order valence-corrected chi connectivity index (χ2v) is 9.79. The molecule has 0 amide bonds. The monoisotopic (exact) mass is 572 g/mol. The number of hydrogen-bond donors (Lipinski definition) is 9. The molecule has 4 saturated heterocycles. The Hall–Kier alpha value is -1.62. The first kappa shape index (κ1) is 30.3. The standard InChI is InChI=1S/C21H32O18/c1-4-11(8(25)9(26)17(30)33-4)35-19-15-13(38-21(2,39-15)20(31)32)12(14(37-19)16(28)29)36-18-10(27)7(24)6(23)5(3-22)34-18/h4-15,17-19,22-27,30H,3H2,1-2H3,(H,28,29)(H,31,32)/t4-,5+,6+,7-,8-,9-,10+,11+,12-,13-,14-,15+,17?,18-,19+,21?/m0/s1. The van der Waals surface area contributed by atoms with Crippen molar-refractivity contribution in [1.82, 2.24) is 0 Å². The number of aliphatic hydroxyl groups excluding tert-OH is 7. The lowest BCUT2D eigenvalue weighted by atomic mass is 9.96. The Bertz CT molecular complexity index is 902. The summed E-state index contributed by atoms with van der Waals surface area (Å²) in [6, 6.07) is 0. The number of fused-ring (bicyclic) bond motifs is 1. The molecule has 2 unspecified atom stereocenters. The van der Waals surface area contributed by atoms with Crippen molar-refractivity contribution < 1.29 is 88.7 Å². The van der Waals surface area contributed by atoms with Crippen LogP contribution in [0.4, 0.5) is 0 Å². The average molecular weight is 572 g/mol. The molecule has 4 heterocycles. The molecule has 0 spiro atoms. The van der Waals surface area contributed by atoms with Gasteiger partial charge < -0.3 is 79.1 Å². The maximum absolute atomic E-state index is 12.2. The zero-order chi connectivity index (χ0) is 29.0. The fourth-order valence-electron chi connectivity index (χ4n) is 4.87. The normalized spacial score (nSPS) is 52.3. The largest absolute Gasteiger partial charge is 0.479 e. The highest BCUT2D eigenvalue weighted by Crippen LogP contribution is 2.41. The van der Waals surface area contributed by atoms with Crippen molar-refractivity contribution in [2.24, 2.45) is 0 Å². The van der Waals surface area contributed by atoms with E-state index in [0.717, 1.165) is 6.92 Å². The van der Waals surface area contributed by atoms with Crippen LogP contribution in [-0.2, 0) is 42.7 Å². The lowest BCUT2D eigenvalue weighted by Gasteiger charge is -2.46. The number of ether oxygens (including phenoxy) is 7. The number of rotatable bonds is 7. The van der Waals surface area contributed by atoms with Gasteiger partial charge in [0.25, 0.3) is 5.79 Å². The lowest BCUT2D eigenvalue weighted by Crippen LogP contribution is -2.66. The lowest BCUT2D eigenvalue weighted by molar-refractivity contribution is -0.361. The third-order valence-electron chi connectivity index (χ3n) is 7.08. The van der Waals surface area contributed by atoms with E-state index in [2.05, 4.69) is 0 Å². The first-order valence-electron chi connectivity index (χ1n) is 12.0. The Morgan fingerprint density at radius 1 is 0.769 bits per heavy atom. The van der Waals surface area contributed by atoms with Crippen LogP contribution in [-0.4, -0.2) is 162 Å². The minimum atomic E-state index is -2.38. The second kappa shape index (κ2) is 11.3. The van der Waals surface area contributed by atoms with Gasteiger partial charge in [0.05, 0.1) is 12.7 Å². The van der Waals surface area contributed by atoms with E-state index in [1.807, 2.05) is 0 Å². The Balaban J connectivity index is 1.64. The van der Waals surface area contributed by atoms with Crippen molar-refractivity contribution in [3.63, 3.8) is 0 Å². The van der Waals surface area contributed by atoms with Gasteiger partial charge in [-0.25, -0.2) is 9.59 Å². The van der Waals surface area contributed by atoms with Gasteiger partial charge in [-0.05, 0) is 6.92 Å². The molecule has 0 aliphatic carbocycles. The van der Waals surface area contributed by atoms with E-state index < -0.39 is 116 Å². The average Bonchev–Trinajstić information content (AvgIpc) is 3.25. The molecule has 0 radical (unpaired) electrons. The third kappa shape index (κ3) is 5.51. The highest BCUT2D eigenvalue weighted by Gasteiger charge is 2.63. The van der Waals surface area contributed by atoms with Gasteiger partial charge in [-0.3, -0.25) is 0 Å². The molecule has 39 heavy (non-hydrogen) atoms. The number of carboxylic acid groups (broad SMARTS) is 2. The molecule has 4 fully saturated rings. The summed E-state index contributed by atoms with van der Waals surface area (Å²) in [5, 5.41) is 89.6. The predicted molar refractivity (Wildman–Crippen MR) is 114 cm³/mol. The van der Waals surface area contributed by atoms with E-state index in [0.29, 0.717) is 0 Å². The third-order valence-corrected chi connectivity index (χ3v) is 7.08. The van der Waals surface area contributed by atoms with Crippen LogP contribution >= 0.6 is 0 Å². The van der Waals surface area contributed by atoms with Crippen molar-refractivity contribution in [1.29, 1.82) is 0 Å². The van der Waals surface area contributed by atoms with Crippen LogP contribution in [0.25, 0.3) is 0 Å². The van der Waals surface area contributed by atoms with Crippen molar-refractivity contribution in [3.05, 3.63) is 0 Å². The van der Waals surface area contributed by atoms with Crippen LogP contribution in [0.1, 0.15) is 13.8 Å². The number of aliphatic hydroxyl groups is 7. The van der Waals surface area contributed by atoms with Crippen LogP contribution < -0.4 is 0 Å². The number of carboxylic acids is 2. The maximum Gasteiger partial charge on any atom is 0.364 e. The summed E-state index contributed by atoms with van der Waals surface area (Å²) < 4.78 is 38.3. The van der Waals surface area contributed by atoms with E-state index in [1.54, 1.807) is 0 Å². The quantitative estimate of drug-likeness (QED) is 0.137. The van der Waals surface area contributed by atoms with Gasteiger partial charge in [0.15, 0.2) is 25.0 Å². The fourth-order valence-corrected chi connectivity index (χ4v) is 4.87. The zero-order valence-corrected chi connectivity index (χ0v) is 20.6. The molecule has 0 aromatic carbocycles. The van der Waals surface area contributed by atoms with Crippen LogP contribution in [0.2, 0.25) is 0 Å². The Morgan fingerprint density at radius 3 is 1.97 bits per heavy atom. The highest BCUT2D eigenvalue weighted by molar-refractivity contribution is 5.76. The summed E-state index contributed by atoms with van der Waals surface area (Å²) in [7, 11) is 0. The Kier molecular flexibility index (Phi) is 8.82. The van der Waals surface area contributed by atoms with Gasteiger partial charge in [-0.15, -0.1) is 0 Å². The van der Waals surface area contributed by atoms with Crippen LogP contribution in [0.15, 0.2) is 0 Å². The van der Waals surface area contributed by atoms with Gasteiger partial charge in [0.2, 0.25) is 0 Å². The topological polar surface area (TPSA) is 281 Å². The van der Waals surface area contributed by atoms with Gasteiger partial charge in [-0.2, -0.15) is 0 Å². The van der Waals surface area contributed by atoms with Crippen molar-refractivity contribution in [3.8, 4) is 0 Å². The number of aliphatic carboxylic acids is 2. The molecule has 0 saturated carbocycles. The van der Waals surface area contributed by atoms with Gasteiger partial charge >= 0.3 is 11.9 Å². The predicted octanol–water partition coefficient (Wildman–Crippen LogP) is -5.59. The summed E-state index contributed by atoms with van der Waals surface area (Å²) in [5.74, 6) is -5.68. The molecule has 0 aromatic rings. The molecular formula is C21H32O18. The molecule has 0 bridgehead atoms. The van der Waals surface area contributed by atoms with E-state index in [1.165, 1.54) is 6.92 Å². The Morgan fingerprint density at radius 2 is 1.38 bits per heavy atom. The van der Waals surface area contributed by atoms with Crippen LogP contribution in [0.5, 0.6) is 0 Å². The van der Waals surface area contributed by atoms with Crippen molar-refractivity contribution in [2.75, 3.05) is 6.61 Å². The molecule has 4 aliphatic rings. The fraction of sp³-hybridized carbons (Fsp3) is 0.905. The van der Waals surface area contributed by atoms with Gasteiger partial charge in [0, 0.05) is 6.92 Å². The van der Waals surface area contributed by atoms with Gasteiger partial charge in [0.1, 0.15) is 61.0 Å². The van der Waals surface area contributed by atoms with E-state index in [4.69, 9.17) is 33.2 Å². The number of carbonyl (C=O) groups is 2. The molecule has 18 nitrogen and oxygen atoms in total. The van der Waals surface area contributed by atoms with Gasteiger partial charge in [-0.1, -0.05) is 0 Å². The summed E-state index contributed by atoms with van der Waals surface area (Å²) in [5.41, 5.74) is 0. The summed E-state index contributed by atoms with van der Waals surface area (Å²) in [6.07, 6.45) is -25.3. The first-order chi connectivity index (χ1) is 18.2. The van der Waals surface area contributed by atoms with E-state index >= 15 is 0 Å². The second-order valence-electron chi connectivity index (χ2n) is 9.79. The zero-order valence-electron chi connectivity index (χ0n) is 20.6. The molecular weight excluding hydrogens is 540 g/mol. The molecule has 0 aromatic heterocycles. The summed E-state index contributed by atoms with van der Waals surface area (Å²) in [4.78, 5) is 24.1. The highest BCUT2D eigenvalue weighted by atomic mass is 16.8. The molecule has 4 aliphatic heterocycles. The first-order valence-corrected chi connectivity index (χ1v) is 12.0. The summed E-state index contributed by atoms with van der Waals surface area (Å²) >= 11 is 0. The SMILES string of the molecule is C[C@@H]1OC(O)[C@@H](O)[C@H](O)[C@@H]1O[C@@H]1O[C@H](C(=O)O)[C@@H](O[C@@H]2O[C@H](CO)[C@@H](O)[C@H](O)[C@H]2O)[C@@H]2OC(C)(C(=O)O)O[C@@H]12. The number of hydrogen-bond acceptors (Lipinski definition) is 16. The Labute approximate surface area is 219 Å². The van der Waals surface area contributed by atoms with E-state index in [9.17, 15) is 55.5 Å². The minimum absolute atomic E-state index is 0.808. The van der Waals surface area contributed by atoms with Crippen LogP contribution in [0, 0.1) is 0 Å². The minimum Gasteiger partial charge on any atom is -0.479 e. The van der Waals surface area contributed by atoms with Crippen molar-refractivity contribution in [2.45, 2.75) is 112 Å². The molecule has 9 N–H and O–H groups in total. The summed E-state index contributed by atoms with van der Waals surface area (Å²) in [6.45, 7) is 1.57. The molecule has 16 atom stereocenters. The van der Waals surface area contributed by atoms with Crippen molar-refractivity contribution >= 4 is 11.9 Å². The van der Waals surface area contributed by atoms with Crippen LogP contribution in [0.3, 0.4) is 0 Å². The maximum atomic E-state index is 12.2. The van der Waals surface area contributed by atoms with E-state index in [-0.39, 0.29) is 0 Å².